The zero-order chi connectivity index (χ0) is 13.9. The lowest BCUT2D eigenvalue weighted by molar-refractivity contribution is 0.424. The summed E-state index contributed by atoms with van der Waals surface area (Å²) in [5, 5.41) is 3.23. The van der Waals surface area contributed by atoms with Crippen LogP contribution in [0.2, 0.25) is 0 Å². The summed E-state index contributed by atoms with van der Waals surface area (Å²) in [4.78, 5) is 0. The molecule has 3 nitrogen and oxygen atoms in total. The van der Waals surface area contributed by atoms with Gasteiger partial charge in [-0.2, -0.15) is 0 Å². The Morgan fingerprint density at radius 1 is 1.37 bits per heavy atom. The number of sulfone groups is 1. The van der Waals surface area contributed by atoms with Crippen molar-refractivity contribution in [2.24, 2.45) is 5.92 Å². The van der Waals surface area contributed by atoms with Crippen molar-refractivity contribution < 1.29 is 12.8 Å². The lowest BCUT2D eigenvalue weighted by Crippen LogP contribution is -2.30. The number of hydrogen-bond acceptors (Lipinski definition) is 3. The molecule has 1 aliphatic rings. The van der Waals surface area contributed by atoms with Crippen molar-refractivity contribution in [2.45, 2.75) is 25.3 Å². The van der Waals surface area contributed by atoms with Crippen molar-refractivity contribution in [1.29, 1.82) is 0 Å². The largest absolute Gasteiger partial charge is 0.317 e. The predicted molar refractivity (Wildman–Crippen MR) is 74.3 cm³/mol. The maximum Gasteiger partial charge on any atom is 0.150 e. The molecule has 1 aromatic rings. The van der Waals surface area contributed by atoms with E-state index in [9.17, 15) is 12.8 Å². The van der Waals surface area contributed by atoms with E-state index in [1.54, 1.807) is 12.1 Å². The van der Waals surface area contributed by atoms with Crippen molar-refractivity contribution in [3.8, 4) is 0 Å². The first-order valence-corrected chi connectivity index (χ1v) is 8.43. The van der Waals surface area contributed by atoms with E-state index in [2.05, 4.69) is 5.32 Å². The Bertz CT molecular complexity index is 513. The fraction of sp³-hybridized carbons (Fsp3) is 0.571. The molecule has 0 aliphatic carbocycles. The summed E-state index contributed by atoms with van der Waals surface area (Å²) < 4.78 is 35.7. The highest BCUT2D eigenvalue weighted by molar-refractivity contribution is 7.91. The lowest BCUT2D eigenvalue weighted by atomic mass is 9.95. The van der Waals surface area contributed by atoms with Crippen LogP contribution in [0.5, 0.6) is 0 Å². The van der Waals surface area contributed by atoms with Crippen molar-refractivity contribution in [2.75, 3.05) is 18.6 Å². The predicted octanol–water partition coefficient (Wildman–Crippen LogP) is 1.78. The minimum atomic E-state index is -2.81. The van der Waals surface area contributed by atoms with E-state index >= 15 is 0 Å². The van der Waals surface area contributed by atoms with Gasteiger partial charge < -0.3 is 5.32 Å². The summed E-state index contributed by atoms with van der Waals surface area (Å²) in [7, 11) is -0.919. The van der Waals surface area contributed by atoms with Gasteiger partial charge >= 0.3 is 0 Å². The second-order valence-corrected chi connectivity index (χ2v) is 7.55. The van der Waals surface area contributed by atoms with Gasteiger partial charge in [0, 0.05) is 6.04 Å². The summed E-state index contributed by atoms with van der Waals surface area (Å²) >= 11 is 0. The Labute approximate surface area is 114 Å². The summed E-state index contributed by atoms with van der Waals surface area (Å²) in [5.41, 5.74) is 1.07. The van der Waals surface area contributed by atoms with Crippen LogP contribution in [-0.2, 0) is 16.3 Å². The number of likely N-dealkylation sites (N-methyl/N-ethyl adjacent to an activating group) is 1. The molecule has 2 unspecified atom stereocenters. The third-order valence-corrected chi connectivity index (χ3v) is 5.59. The van der Waals surface area contributed by atoms with Crippen LogP contribution in [0.15, 0.2) is 24.3 Å². The maximum absolute atomic E-state index is 12.8. The molecule has 19 heavy (non-hydrogen) atoms. The molecular formula is C14H20FNO2S. The number of hydrogen-bond donors (Lipinski definition) is 1. The molecule has 1 heterocycles. The number of benzene rings is 1. The number of halogens is 1. The smallest absolute Gasteiger partial charge is 0.150 e. The van der Waals surface area contributed by atoms with Crippen LogP contribution in [0.1, 0.15) is 18.4 Å². The maximum atomic E-state index is 12.8. The minimum absolute atomic E-state index is 0.230. The SMILES string of the molecule is CNC(Cc1ccc(F)cc1)CC1CCS(=O)(=O)C1. The Balaban J connectivity index is 1.92. The van der Waals surface area contributed by atoms with E-state index in [1.807, 2.05) is 7.05 Å². The molecule has 1 saturated heterocycles. The first-order chi connectivity index (χ1) is 8.98. The van der Waals surface area contributed by atoms with Crippen LogP contribution in [0.4, 0.5) is 4.39 Å². The molecule has 0 amide bonds. The highest BCUT2D eigenvalue weighted by atomic mass is 32.2. The zero-order valence-corrected chi connectivity index (χ0v) is 11.9. The van der Waals surface area contributed by atoms with Crippen LogP contribution < -0.4 is 5.32 Å². The van der Waals surface area contributed by atoms with Gasteiger partial charge in [-0.3, -0.25) is 0 Å². The van der Waals surface area contributed by atoms with Crippen LogP contribution in [0.25, 0.3) is 0 Å². The quantitative estimate of drug-likeness (QED) is 0.897. The minimum Gasteiger partial charge on any atom is -0.317 e. The molecule has 0 aromatic heterocycles. The Morgan fingerprint density at radius 2 is 2.05 bits per heavy atom. The molecule has 2 atom stereocenters. The fourth-order valence-corrected chi connectivity index (χ4v) is 4.55. The van der Waals surface area contributed by atoms with Gasteiger partial charge in [0.2, 0.25) is 0 Å². The van der Waals surface area contributed by atoms with E-state index < -0.39 is 9.84 Å². The second-order valence-electron chi connectivity index (χ2n) is 5.32. The van der Waals surface area contributed by atoms with E-state index in [-0.39, 0.29) is 17.8 Å². The molecule has 1 aliphatic heterocycles. The zero-order valence-electron chi connectivity index (χ0n) is 11.1. The fourth-order valence-electron chi connectivity index (χ4n) is 2.67. The average Bonchev–Trinajstić information content (AvgIpc) is 2.70. The second kappa shape index (κ2) is 6.01. The van der Waals surface area contributed by atoms with Crippen LogP contribution in [0, 0.1) is 11.7 Å². The summed E-state index contributed by atoms with van der Waals surface area (Å²) in [5.74, 6) is 0.661. The first-order valence-electron chi connectivity index (χ1n) is 6.60. The molecule has 2 rings (SSSR count). The van der Waals surface area contributed by atoms with Gasteiger partial charge in [0.25, 0.3) is 0 Å². The molecule has 0 spiro atoms. The van der Waals surface area contributed by atoms with Crippen molar-refractivity contribution >= 4 is 9.84 Å². The lowest BCUT2D eigenvalue weighted by Gasteiger charge is -2.19. The van der Waals surface area contributed by atoms with Gasteiger partial charge in [-0.15, -0.1) is 0 Å². The number of nitrogens with one attached hydrogen (secondary N) is 1. The van der Waals surface area contributed by atoms with Gasteiger partial charge in [0.1, 0.15) is 5.82 Å². The molecule has 0 saturated carbocycles. The topological polar surface area (TPSA) is 46.2 Å². The summed E-state index contributed by atoms with van der Waals surface area (Å²) in [6.07, 6.45) is 2.42. The van der Waals surface area contributed by atoms with Gasteiger partial charge in [0.15, 0.2) is 9.84 Å². The molecule has 1 aromatic carbocycles. The average molecular weight is 285 g/mol. The van der Waals surface area contributed by atoms with E-state index in [4.69, 9.17) is 0 Å². The van der Waals surface area contributed by atoms with Crippen LogP contribution >= 0.6 is 0 Å². The molecule has 106 valence electrons. The molecular weight excluding hydrogens is 265 g/mol. The molecule has 1 N–H and O–H groups in total. The summed E-state index contributed by atoms with van der Waals surface area (Å²) in [6, 6.07) is 6.73. The van der Waals surface area contributed by atoms with Crippen LogP contribution in [0.3, 0.4) is 0 Å². The highest BCUT2D eigenvalue weighted by Crippen LogP contribution is 2.24. The van der Waals surface area contributed by atoms with Crippen molar-refractivity contribution in [3.63, 3.8) is 0 Å². The first kappa shape index (κ1) is 14.5. The molecule has 0 radical (unpaired) electrons. The summed E-state index contributed by atoms with van der Waals surface area (Å²) in [6.45, 7) is 0. The van der Waals surface area contributed by atoms with Gasteiger partial charge in [-0.05, 0) is 49.9 Å². The van der Waals surface area contributed by atoms with Crippen molar-refractivity contribution in [1.82, 2.24) is 5.32 Å². The normalized spacial score (nSPS) is 23.4. The van der Waals surface area contributed by atoms with Gasteiger partial charge in [-0.25, -0.2) is 12.8 Å². The molecule has 0 bridgehead atoms. The standard InChI is InChI=1S/C14H20FNO2S/c1-16-14(8-11-2-4-13(15)5-3-11)9-12-6-7-19(17,18)10-12/h2-5,12,14,16H,6-10H2,1H3. The Hall–Kier alpha value is -0.940. The molecule has 5 heteroatoms. The monoisotopic (exact) mass is 285 g/mol. The third-order valence-electron chi connectivity index (χ3n) is 3.75. The highest BCUT2D eigenvalue weighted by Gasteiger charge is 2.29. The number of rotatable bonds is 5. The molecule has 1 fully saturated rings. The van der Waals surface area contributed by atoms with E-state index in [0.717, 1.165) is 24.8 Å². The Morgan fingerprint density at radius 3 is 2.58 bits per heavy atom. The third kappa shape index (κ3) is 4.28. The van der Waals surface area contributed by atoms with E-state index in [0.29, 0.717) is 11.5 Å². The van der Waals surface area contributed by atoms with Gasteiger partial charge in [-0.1, -0.05) is 12.1 Å². The van der Waals surface area contributed by atoms with E-state index in [1.165, 1.54) is 12.1 Å². The van der Waals surface area contributed by atoms with Gasteiger partial charge in [0.05, 0.1) is 11.5 Å². The van der Waals surface area contributed by atoms with Crippen LogP contribution in [-0.4, -0.2) is 33.0 Å². The van der Waals surface area contributed by atoms with Crippen molar-refractivity contribution in [3.05, 3.63) is 35.6 Å². The Kier molecular flexibility index (Phi) is 4.58.